The molecule has 16 heavy (non-hydrogen) atoms. The van der Waals surface area contributed by atoms with Gasteiger partial charge in [0.25, 0.3) is 0 Å². The van der Waals surface area contributed by atoms with Gasteiger partial charge in [-0.1, -0.05) is 6.08 Å². The number of halogens is 1. The predicted octanol–water partition coefficient (Wildman–Crippen LogP) is 0.390. The SMILES string of the molecule is C=CCNC(=NC)NCCCS(C)(=O)=O.I. The van der Waals surface area contributed by atoms with Crippen molar-refractivity contribution in [2.45, 2.75) is 6.42 Å². The van der Waals surface area contributed by atoms with E-state index in [1.54, 1.807) is 13.1 Å². The molecule has 0 radical (unpaired) electrons. The van der Waals surface area contributed by atoms with Crippen LogP contribution in [-0.2, 0) is 9.84 Å². The number of sulfone groups is 1. The molecule has 96 valence electrons. The Balaban J connectivity index is 0. The normalized spacial score (nSPS) is 11.5. The Kier molecular flexibility index (Phi) is 11.2. The molecule has 5 nitrogen and oxygen atoms in total. The molecule has 7 heteroatoms. The van der Waals surface area contributed by atoms with Gasteiger partial charge in [0.1, 0.15) is 9.84 Å². The van der Waals surface area contributed by atoms with Crippen LogP contribution in [0, 0.1) is 0 Å². The number of nitrogens with one attached hydrogen (secondary N) is 2. The highest BCUT2D eigenvalue weighted by atomic mass is 127. The molecule has 0 bridgehead atoms. The summed E-state index contributed by atoms with van der Waals surface area (Å²) in [6.45, 7) is 4.79. The molecule has 0 saturated carbocycles. The molecule has 2 N–H and O–H groups in total. The van der Waals surface area contributed by atoms with E-state index >= 15 is 0 Å². The van der Waals surface area contributed by atoms with Crippen molar-refractivity contribution in [3.05, 3.63) is 12.7 Å². The molecule has 0 aromatic heterocycles. The maximum Gasteiger partial charge on any atom is 0.191 e. The Morgan fingerprint density at radius 2 is 2.06 bits per heavy atom. The third-order valence-electron chi connectivity index (χ3n) is 1.62. The Morgan fingerprint density at radius 3 is 2.50 bits per heavy atom. The number of rotatable bonds is 6. The number of hydrogen-bond acceptors (Lipinski definition) is 3. The van der Waals surface area contributed by atoms with Gasteiger partial charge in [0, 0.05) is 26.4 Å². The highest BCUT2D eigenvalue weighted by molar-refractivity contribution is 14.0. The summed E-state index contributed by atoms with van der Waals surface area (Å²) in [6.07, 6.45) is 3.54. The van der Waals surface area contributed by atoms with Gasteiger partial charge in [0.15, 0.2) is 5.96 Å². The molecule has 0 aromatic rings. The molecule has 0 atom stereocenters. The van der Waals surface area contributed by atoms with Crippen LogP contribution in [0.5, 0.6) is 0 Å². The van der Waals surface area contributed by atoms with Crippen LogP contribution in [0.25, 0.3) is 0 Å². The van der Waals surface area contributed by atoms with Crippen molar-refractivity contribution >= 4 is 39.8 Å². The van der Waals surface area contributed by atoms with Crippen molar-refractivity contribution < 1.29 is 8.42 Å². The van der Waals surface area contributed by atoms with Gasteiger partial charge in [-0.25, -0.2) is 8.42 Å². The Bertz CT molecular complexity index is 315. The minimum absolute atomic E-state index is 0. The second-order valence-corrected chi connectivity index (χ2v) is 5.41. The summed E-state index contributed by atoms with van der Waals surface area (Å²) < 4.78 is 21.7. The second kappa shape index (κ2) is 9.88. The molecule has 0 aromatic carbocycles. The van der Waals surface area contributed by atoms with Crippen LogP contribution < -0.4 is 10.6 Å². The summed E-state index contributed by atoms with van der Waals surface area (Å²) in [5.41, 5.74) is 0. The predicted molar refractivity (Wildman–Crippen MR) is 79.3 cm³/mol. The first kappa shape index (κ1) is 18.1. The summed E-state index contributed by atoms with van der Waals surface area (Å²) in [5, 5.41) is 5.99. The van der Waals surface area contributed by atoms with Crippen molar-refractivity contribution in [1.82, 2.24) is 10.6 Å². The quantitative estimate of drug-likeness (QED) is 0.236. The molecule has 0 aliphatic heterocycles. The van der Waals surface area contributed by atoms with Crippen LogP contribution in [0.15, 0.2) is 17.6 Å². The van der Waals surface area contributed by atoms with Gasteiger partial charge >= 0.3 is 0 Å². The maximum atomic E-state index is 10.8. The van der Waals surface area contributed by atoms with E-state index in [0.29, 0.717) is 25.5 Å². The Morgan fingerprint density at radius 1 is 1.44 bits per heavy atom. The van der Waals surface area contributed by atoms with E-state index < -0.39 is 9.84 Å². The number of aliphatic imine (C=N–C) groups is 1. The van der Waals surface area contributed by atoms with Gasteiger partial charge in [-0.15, -0.1) is 30.6 Å². The number of hydrogen-bond donors (Lipinski definition) is 2. The minimum Gasteiger partial charge on any atom is -0.356 e. The van der Waals surface area contributed by atoms with Gasteiger partial charge in [-0.2, -0.15) is 0 Å². The molecule has 0 saturated heterocycles. The lowest BCUT2D eigenvalue weighted by Crippen LogP contribution is -2.38. The topological polar surface area (TPSA) is 70.6 Å². The fraction of sp³-hybridized carbons (Fsp3) is 0.667. The van der Waals surface area contributed by atoms with Crippen molar-refractivity contribution in [2.24, 2.45) is 4.99 Å². The molecule has 0 amide bonds. The number of guanidine groups is 1. The first-order chi connectivity index (χ1) is 6.99. The third kappa shape index (κ3) is 11.8. The Labute approximate surface area is 115 Å². The summed E-state index contributed by atoms with van der Waals surface area (Å²) in [7, 11) is -1.20. The first-order valence-electron chi connectivity index (χ1n) is 4.72. The van der Waals surface area contributed by atoms with Crippen LogP contribution in [-0.4, -0.2) is 46.5 Å². The molecular formula is C9H20IN3O2S. The summed E-state index contributed by atoms with van der Waals surface area (Å²) >= 11 is 0. The zero-order valence-electron chi connectivity index (χ0n) is 9.69. The van der Waals surface area contributed by atoms with E-state index in [4.69, 9.17) is 0 Å². The third-order valence-corrected chi connectivity index (χ3v) is 2.65. The zero-order valence-corrected chi connectivity index (χ0v) is 12.8. The van der Waals surface area contributed by atoms with Crippen LogP contribution in [0.1, 0.15) is 6.42 Å². The maximum absolute atomic E-state index is 10.8. The molecule has 0 unspecified atom stereocenters. The van der Waals surface area contributed by atoms with Crippen molar-refractivity contribution in [3.8, 4) is 0 Å². The van der Waals surface area contributed by atoms with Gasteiger partial charge in [0.05, 0.1) is 5.75 Å². The first-order valence-corrected chi connectivity index (χ1v) is 6.79. The number of nitrogens with zero attached hydrogens (tertiary/aromatic N) is 1. The van der Waals surface area contributed by atoms with E-state index in [0.717, 1.165) is 0 Å². The average Bonchev–Trinajstić information content (AvgIpc) is 2.15. The summed E-state index contributed by atoms with van der Waals surface area (Å²) in [6, 6.07) is 0. The smallest absolute Gasteiger partial charge is 0.191 e. The van der Waals surface area contributed by atoms with E-state index in [2.05, 4.69) is 22.2 Å². The Hall–Kier alpha value is -0.310. The van der Waals surface area contributed by atoms with Crippen LogP contribution in [0.4, 0.5) is 0 Å². The lowest BCUT2D eigenvalue weighted by atomic mass is 10.5. The van der Waals surface area contributed by atoms with Gasteiger partial charge < -0.3 is 10.6 Å². The van der Waals surface area contributed by atoms with Crippen LogP contribution in [0.3, 0.4) is 0 Å². The lowest BCUT2D eigenvalue weighted by Gasteiger charge is -2.09. The molecule has 0 aliphatic carbocycles. The van der Waals surface area contributed by atoms with E-state index in [9.17, 15) is 8.42 Å². The highest BCUT2D eigenvalue weighted by Gasteiger charge is 2.01. The largest absolute Gasteiger partial charge is 0.356 e. The molecule has 0 spiro atoms. The lowest BCUT2D eigenvalue weighted by molar-refractivity contribution is 0.598. The molecular weight excluding hydrogens is 341 g/mol. The zero-order chi connectivity index (χ0) is 11.7. The van der Waals surface area contributed by atoms with Crippen molar-refractivity contribution in [1.29, 1.82) is 0 Å². The molecule has 0 aliphatic rings. The summed E-state index contributed by atoms with van der Waals surface area (Å²) in [5.74, 6) is 0.849. The molecule has 0 fully saturated rings. The standard InChI is InChI=1S/C9H19N3O2S.HI/c1-4-6-11-9(10-2)12-7-5-8-15(3,13)14;/h4H,1,5-8H2,2-3H3,(H2,10,11,12);1H. The van der Waals surface area contributed by atoms with Crippen LogP contribution in [0.2, 0.25) is 0 Å². The van der Waals surface area contributed by atoms with E-state index in [1.807, 2.05) is 0 Å². The summed E-state index contributed by atoms with van der Waals surface area (Å²) in [4.78, 5) is 3.96. The second-order valence-electron chi connectivity index (χ2n) is 3.15. The highest BCUT2D eigenvalue weighted by Crippen LogP contribution is 1.86. The fourth-order valence-corrected chi connectivity index (χ4v) is 1.60. The monoisotopic (exact) mass is 361 g/mol. The van der Waals surface area contributed by atoms with Gasteiger partial charge in [-0.3, -0.25) is 4.99 Å². The molecule has 0 heterocycles. The van der Waals surface area contributed by atoms with Gasteiger partial charge in [0.2, 0.25) is 0 Å². The fourth-order valence-electron chi connectivity index (χ4n) is 0.931. The van der Waals surface area contributed by atoms with E-state index in [1.165, 1.54) is 6.26 Å². The van der Waals surface area contributed by atoms with Crippen LogP contribution >= 0.6 is 24.0 Å². The average molecular weight is 361 g/mol. The molecule has 0 rings (SSSR count). The van der Waals surface area contributed by atoms with E-state index in [-0.39, 0.29) is 29.7 Å². The van der Waals surface area contributed by atoms with Crippen molar-refractivity contribution in [2.75, 3.05) is 32.1 Å². The van der Waals surface area contributed by atoms with Gasteiger partial charge in [-0.05, 0) is 6.42 Å². The minimum atomic E-state index is -2.86. The van der Waals surface area contributed by atoms with Crippen molar-refractivity contribution in [3.63, 3.8) is 0 Å².